The van der Waals surface area contributed by atoms with Crippen LogP contribution in [0.4, 0.5) is 8.78 Å². The van der Waals surface area contributed by atoms with Crippen LogP contribution in [0, 0.1) is 18.6 Å². The highest BCUT2D eigenvalue weighted by Gasteiger charge is 2.21. The summed E-state index contributed by atoms with van der Waals surface area (Å²) in [5, 5.41) is 8.45. The lowest BCUT2D eigenvalue weighted by Gasteiger charge is -2.11. The second-order valence-corrected chi connectivity index (χ2v) is 7.24. The van der Waals surface area contributed by atoms with Crippen LogP contribution in [-0.2, 0) is 7.05 Å². The van der Waals surface area contributed by atoms with E-state index in [2.05, 4.69) is 10.2 Å². The fourth-order valence-electron chi connectivity index (χ4n) is 2.57. The minimum atomic E-state index is -1.03. The van der Waals surface area contributed by atoms with Crippen LogP contribution >= 0.6 is 11.8 Å². The molecule has 0 fully saturated rings. The maximum Gasteiger partial charge on any atom is 0.191 e. The van der Waals surface area contributed by atoms with Gasteiger partial charge in [0.1, 0.15) is 0 Å². The smallest absolute Gasteiger partial charge is 0.191 e. The van der Waals surface area contributed by atoms with E-state index in [0.29, 0.717) is 11.0 Å². The van der Waals surface area contributed by atoms with Gasteiger partial charge in [0.15, 0.2) is 28.4 Å². The lowest BCUT2D eigenvalue weighted by atomic mass is 10.1. The van der Waals surface area contributed by atoms with Crippen LogP contribution < -0.4 is 0 Å². The monoisotopic (exact) mass is 373 g/mol. The first-order chi connectivity index (χ1) is 12.4. The van der Waals surface area contributed by atoms with Crippen LogP contribution in [0.15, 0.2) is 47.6 Å². The number of carbonyl (C=O) groups is 1. The Balaban J connectivity index is 1.82. The lowest BCUT2D eigenvalue weighted by molar-refractivity contribution is 0.0993. The molecule has 0 aliphatic carbocycles. The molecule has 1 heterocycles. The third-order valence-corrected chi connectivity index (χ3v) is 5.21. The van der Waals surface area contributed by atoms with E-state index >= 15 is 0 Å². The Hall–Kier alpha value is -2.54. The number of hydrogen-bond acceptors (Lipinski definition) is 4. The molecule has 0 bridgehead atoms. The maximum absolute atomic E-state index is 13.4. The molecule has 7 heteroatoms. The Bertz CT molecular complexity index is 971. The standard InChI is InChI=1S/C19H17F2N3OS/c1-11-6-4-5-7-14(11)18-22-23-19(24(18)3)26-12(2)17(25)13-8-9-15(20)16(21)10-13/h4-10,12H,1-3H3/t12-/m1/s1. The quantitative estimate of drug-likeness (QED) is 0.490. The number of benzene rings is 2. The third-order valence-electron chi connectivity index (χ3n) is 4.08. The first-order valence-electron chi connectivity index (χ1n) is 7.99. The molecule has 0 aliphatic heterocycles. The van der Waals surface area contributed by atoms with Crippen LogP contribution in [0.3, 0.4) is 0 Å². The van der Waals surface area contributed by atoms with Gasteiger partial charge in [0.25, 0.3) is 0 Å². The average molecular weight is 373 g/mol. The minimum Gasteiger partial charge on any atom is -0.305 e. The molecule has 0 unspecified atom stereocenters. The van der Waals surface area contributed by atoms with Crippen LogP contribution in [0.1, 0.15) is 22.8 Å². The van der Waals surface area contributed by atoms with E-state index in [0.717, 1.165) is 23.3 Å². The van der Waals surface area contributed by atoms with Gasteiger partial charge in [0, 0.05) is 18.2 Å². The molecule has 0 amide bonds. The zero-order valence-electron chi connectivity index (χ0n) is 14.5. The first kappa shape index (κ1) is 18.3. The van der Waals surface area contributed by atoms with Crippen molar-refractivity contribution in [2.75, 3.05) is 0 Å². The fraction of sp³-hybridized carbons (Fsp3) is 0.211. The molecule has 1 aromatic heterocycles. The summed E-state index contributed by atoms with van der Waals surface area (Å²) in [6.07, 6.45) is 0. The van der Waals surface area contributed by atoms with Gasteiger partial charge in [-0.3, -0.25) is 4.79 Å². The van der Waals surface area contributed by atoms with Crippen molar-refractivity contribution in [2.24, 2.45) is 7.05 Å². The van der Waals surface area contributed by atoms with Gasteiger partial charge in [-0.1, -0.05) is 36.0 Å². The zero-order chi connectivity index (χ0) is 18.8. The Morgan fingerprint density at radius 1 is 1.12 bits per heavy atom. The van der Waals surface area contributed by atoms with Crippen molar-refractivity contribution in [3.8, 4) is 11.4 Å². The predicted octanol–water partition coefficient (Wildman–Crippen LogP) is 4.43. The van der Waals surface area contributed by atoms with Gasteiger partial charge in [-0.05, 0) is 37.6 Å². The maximum atomic E-state index is 13.4. The fourth-order valence-corrected chi connectivity index (χ4v) is 3.46. The average Bonchev–Trinajstić information content (AvgIpc) is 2.97. The third kappa shape index (κ3) is 3.53. The summed E-state index contributed by atoms with van der Waals surface area (Å²) < 4.78 is 28.2. The van der Waals surface area contributed by atoms with Crippen molar-refractivity contribution in [1.82, 2.24) is 14.8 Å². The topological polar surface area (TPSA) is 47.8 Å². The largest absolute Gasteiger partial charge is 0.305 e. The highest BCUT2D eigenvalue weighted by molar-refractivity contribution is 8.00. The predicted molar refractivity (Wildman–Crippen MR) is 97.2 cm³/mol. The first-order valence-corrected chi connectivity index (χ1v) is 8.87. The van der Waals surface area contributed by atoms with E-state index in [4.69, 9.17) is 0 Å². The number of ketones is 1. The van der Waals surface area contributed by atoms with Gasteiger partial charge in [-0.2, -0.15) is 0 Å². The van der Waals surface area contributed by atoms with Gasteiger partial charge >= 0.3 is 0 Å². The molecule has 3 aromatic rings. The number of halogens is 2. The molecule has 0 spiro atoms. The van der Waals surface area contributed by atoms with E-state index in [-0.39, 0.29) is 11.3 Å². The number of nitrogens with zero attached hydrogens (tertiary/aromatic N) is 3. The van der Waals surface area contributed by atoms with E-state index in [9.17, 15) is 13.6 Å². The molecule has 26 heavy (non-hydrogen) atoms. The van der Waals surface area contributed by atoms with Crippen LogP contribution in [0.25, 0.3) is 11.4 Å². The second kappa shape index (κ2) is 7.37. The number of carbonyl (C=O) groups excluding carboxylic acids is 1. The number of thioether (sulfide) groups is 1. The number of hydrogen-bond donors (Lipinski definition) is 0. The Labute approximate surface area is 154 Å². The molecule has 1 atom stereocenters. The molecule has 134 valence electrons. The molecular formula is C19H17F2N3OS. The van der Waals surface area contributed by atoms with Gasteiger partial charge in [-0.25, -0.2) is 8.78 Å². The van der Waals surface area contributed by atoms with Crippen molar-refractivity contribution in [3.05, 3.63) is 65.2 Å². The number of rotatable bonds is 5. The van der Waals surface area contributed by atoms with E-state index < -0.39 is 16.9 Å². The second-order valence-electron chi connectivity index (χ2n) is 5.93. The summed E-state index contributed by atoms with van der Waals surface area (Å²) >= 11 is 1.23. The van der Waals surface area contributed by atoms with E-state index in [1.807, 2.05) is 42.8 Å². The van der Waals surface area contributed by atoms with Gasteiger partial charge in [-0.15, -0.1) is 10.2 Å². The normalized spacial score (nSPS) is 12.2. The van der Waals surface area contributed by atoms with Crippen LogP contribution in [0.5, 0.6) is 0 Å². The SMILES string of the molecule is Cc1ccccc1-c1nnc(S[C@H](C)C(=O)c2ccc(F)c(F)c2)n1C. The van der Waals surface area contributed by atoms with Gasteiger partial charge in [0.05, 0.1) is 5.25 Å². The van der Waals surface area contributed by atoms with Crippen molar-refractivity contribution < 1.29 is 13.6 Å². The Morgan fingerprint density at radius 2 is 1.85 bits per heavy atom. The summed E-state index contributed by atoms with van der Waals surface area (Å²) in [4.78, 5) is 12.5. The van der Waals surface area contributed by atoms with Gasteiger partial charge < -0.3 is 4.57 Å². The molecule has 0 saturated carbocycles. The number of Topliss-reactive ketones (excluding diaryl/α,β-unsaturated/α-hetero) is 1. The molecular weight excluding hydrogens is 356 g/mol. The van der Waals surface area contributed by atoms with Crippen molar-refractivity contribution >= 4 is 17.5 Å². The Morgan fingerprint density at radius 3 is 2.54 bits per heavy atom. The zero-order valence-corrected chi connectivity index (χ0v) is 15.3. The minimum absolute atomic E-state index is 0.130. The molecule has 0 aliphatic rings. The molecule has 4 nitrogen and oxygen atoms in total. The van der Waals surface area contributed by atoms with E-state index in [1.54, 1.807) is 6.92 Å². The van der Waals surface area contributed by atoms with E-state index in [1.165, 1.54) is 17.8 Å². The summed E-state index contributed by atoms with van der Waals surface area (Å²) in [5.41, 5.74) is 2.17. The molecule has 2 aromatic carbocycles. The summed E-state index contributed by atoms with van der Waals surface area (Å²) in [7, 11) is 1.83. The molecule has 3 rings (SSSR count). The van der Waals surface area contributed by atoms with Crippen molar-refractivity contribution in [1.29, 1.82) is 0 Å². The highest BCUT2D eigenvalue weighted by Crippen LogP contribution is 2.28. The summed E-state index contributed by atoms with van der Waals surface area (Å²) in [6.45, 7) is 3.70. The number of aryl methyl sites for hydroxylation is 1. The Kier molecular flexibility index (Phi) is 5.18. The van der Waals surface area contributed by atoms with Crippen LogP contribution in [0.2, 0.25) is 0 Å². The summed E-state index contributed by atoms with van der Waals surface area (Å²) in [5.74, 6) is -1.60. The molecule has 0 radical (unpaired) electrons. The molecule has 0 saturated heterocycles. The summed E-state index contributed by atoms with van der Waals surface area (Å²) in [6, 6.07) is 11.0. The number of aromatic nitrogens is 3. The molecule has 0 N–H and O–H groups in total. The lowest BCUT2D eigenvalue weighted by Crippen LogP contribution is -2.15. The van der Waals surface area contributed by atoms with Crippen LogP contribution in [-0.4, -0.2) is 25.8 Å². The highest BCUT2D eigenvalue weighted by atomic mass is 32.2. The van der Waals surface area contributed by atoms with Crippen molar-refractivity contribution in [2.45, 2.75) is 24.3 Å². The van der Waals surface area contributed by atoms with Gasteiger partial charge in [0.2, 0.25) is 0 Å². The van der Waals surface area contributed by atoms with Crippen molar-refractivity contribution in [3.63, 3.8) is 0 Å².